The Balaban J connectivity index is 2.42. The zero-order valence-electron chi connectivity index (χ0n) is 12.4. The summed E-state index contributed by atoms with van der Waals surface area (Å²) >= 11 is 0. The van der Waals surface area contributed by atoms with Crippen molar-refractivity contribution in [1.29, 1.82) is 0 Å². The molecule has 0 aromatic carbocycles. The molecule has 1 rings (SSSR count). The molecule has 0 saturated heterocycles. The molecule has 0 aliphatic heterocycles. The minimum absolute atomic E-state index is 0.360. The van der Waals surface area contributed by atoms with Crippen molar-refractivity contribution in [3.63, 3.8) is 0 Å². The number of rotatable bonds is 8. The molecule has 0 spiro atoms. The van der Waals surface area contributed by atoms with Gasteiger partial charge in [0, 0.05) is 24.7 Å². The van der Waals surface area contributed by atoms with E-state index in [0.29, 0.717) is 13.0 Å². The normalized spacial score (nSPS) is 11.6. The number of aryl methyl sites for hydroxylation is 1. The van der Waals surface area contributed by atoms with E-state index in [2.05, 4.69) is 16.9 Å². The molecule has 19 heavy (non-hydrogen) atoms. The summed E-state index contributed by atoms with van der Waals surface area (Å²) in [6.07, 6.45) is 6.56. The molecule has 5 heteroatoms. The summed E-state index contributed by atoms with van der Waals surface area (Å²) in [5.74, 6) is 1.02. The number of aromatic amines is 1. The number of H-pyrrole nitrogens is 1. The largest absolute Gasteiger partial charge is 0.346 e. The van der Waals surface area contributed by atoms with Gasteiger partial charge >= 0.3 is 0 Å². The van der Waals surface area contributed by atoms with Gasteiger partial charge in [-0.05, 0) is 27.2 Å². The first-order valence-electron chi connectivity index (χ1n) is 6.88. The van der Waals surface area contributed by atoms with Crippen LogP contribution in [0.25, 0.3) is 0 Å². The molecule has 108 valence electrons. The molecular formula is C14H25N3O2. The van der Waals surface area contributed by atoms with Crippen molar-refractivity contribution < 1.29 is 9.63 Å². The van der Waals surface area contributed by atoms with Crippen molar-refractivity contribution in [2.75, 3.05) is 6.54 Å². The fraction of sp³-hybridized carbons (Fsp3) is 0.714. The fourth-order valence-corrected chi connectivity index (χ4v) is 1.71. The second-order valence-corrected chi connectivity index (χ2v) is 5.66. The lowest BCUT2D eigenvalue weighted by Crippen LogP contribution is -2.34. The molecule has 0 fully saturated rings. The first-order valence-corrected chi connectivity index (χ1v) is 6.88. The maximum Gasteiger partial charge on any atom is 0.233 e. The summed E-state index contributed by atoms with van der Waals surface area (Å²) in [6.45, 7) is 8.44. The number of carbonyl (C=O) groups is 1. The van der Waals surface area contributed by atoms with E-state index in [1.165, 1.54) is 5.06 Å². The summed E-state index contributed by atoms with van der Waals surface area (Å²) in [6, 6.07) is 0. The number of carbonyl (C=O) groups excluding carboxylic acids is 1. The zero-order valence-corrected chi connectivity index (χ0v) is 12.4. The van der Waals surface area contributed by atoms with E-state index >= 15 is 0 Å². The molecule has 1 heterocycles. The van der Waals surface area contributed by atoms with Gasteiger partial charge in [0.1, 0.15) is 5.82 Å². The SMILES string of the molecule is CCCCc1ncc(CCN(C=O)OC(C)(C)C)[nH]1. The van der Waals surface area contributed by atoms with E-state index in [0.717, 1.165) is 37.2 Å². The molecule has 1 amide bonds. The second-order valence-electron chi connectivity index (χ2n) is 5.66. The summed E-state index contributed by atoms with van der Waals surface area (Å²) in [7, 11) is 0. The highest BCUT2D eigenvalue weighted by atomic mass is 16.7. The van der Waals surface area contributed by atoms with Gasteiger partial charge in [-0.3, -0.25) is 9.63 Å². The molecular weight excluding hydrogens is 242 g/mol. The third kappa shape index (κ3) is 6.38. The van der Waals surface area contributed by atoms with Gasteiger partial charge in [-0.25, -0.2) is 10.0 Å². The number of nitrogens with one attached hydrogen (secondary N) is 1. The number of amides is 1. The standard InChI is InChI=1S/C14H25N3O2/c1-5-6-7-13-15-10-12(16-13)8-9-17(11-18)19-14(2,3)4/h10-11H,5-9H2,1-4H3,(H,15,16). The van der Waals surface area contributed by atoms with Crippen LogP contribution in [0.3, 0.4) is 0 Å². The third-order valence-corrected chi connectivity index (χ3v) is 2.56. The summed E-state index contributed by atoms with van der Waals surface area (Å²) in [5, 5.41) is 1.34. The molecule has 0 aliphatic rings. The lowest BCUT2D eigenvalue weighted by atomic mass is 10.2. The minimum atomic E-state index is -0.360. The van der Waals surface area contributed by atoms with Crippen LogP contribution < -0.4 is 0 Å². The van der Waals surface area contributed by atoms with Gasteiger partial charge < -0.3 is 4.98 Å². The van der Waals surface area contributed by atoms with E-state index in [1.807, 2.05) is 27.0 Å². The van der Waals surface area contributed by atoms with E-state index < -0.39 is 0 Å². The Morgan fingerprint density at radius 2 is 2.16 bits per heavy atom. The van der Waals surface area contributed by atoms with E-state index in [9.17, 15) is 4.79 Å². The Morgan fingerprint density at radius 3 is 2.74 bits per heavy atom. The van der Waals surface area contributed by atoms with E-state index in [-0.39, 0.29) is 5.60 Å². The van der Waals surface area contributed by atoms with Gasteiger partial charge in [0.05, 0.1) is 12.1 Å². The Hall–Kier alpha value is -1.36. The Kier molecular flexibility index (Phi) is 6.02. The van der Waals surface area contributed by atoms with Crippen LogP contribution in [0.2, 0.25) is 0 Å². The van der Waals surface area contributed by atoms with Crippen molar-refractivity contribution in [1.82, 2.24) is 15.0 Å². The zero-order chi connectivity index (χ0) is 14.3. The van der Waals surface area contributed by atoms with E-state index in [1.54, 1.807) is 0 Å². The van der Waals surface area contributed by atoms with Gasteiger partial charge in [-0.1, -0.05) is 13.3 Å². The van der Waals surface area contributed by atoms with Gasteiger partial charge in [0.15, 0.2) is 0 Å². The second kappa shape index (κ2) is 7.28. The highest BCUT2D eigenvalue weighted by molar-refractivity contribution is 5.45. The lowest BCUT2D eigenvalue weighted by Gasteiger charge is -2.26. The summed E-state index contributed by atoms with van der Waals surface area (Å²) < 4.78 is 0. The number of hydrogen-bond acceptors (Lipinski definition) is 3. The van der Waals surface area contributed by atoms with Crippen LogP contribution >= 0.6 is 0 Å². The van der Waals surface area contributed by atoms with Gasteiger partial charge in [0.2, 0.25) is 6.41 Å². The summed E-state index contributed by atoms with van der Waals surface area (Å²) in [5.41, 5.74) is 0.678. The van der Waals surface area contributed by atoms with Crippen molar-refractivity contribution in [2.24, 2.45) is 0 Å². The molecule has 5 nitrogen and oxygen atoms in total. The maximum absolute atomic E-state index is 10.9. The molecule has 0 bridgehead atoms. The van der Waals surface area contributed by atoms with Crippen LogP contribution in [0.5, 0.6) is 0 Å². The predicted octanol–water partition coefficient (Wildman–Crippen LogP) is 2.48. The molecule has 1 aromatic heterocycles. The van der Waals surface area contributed by atoms with Crippen LogP contribution in [0, 0.1) is 0 Å². The number of imidazole rings is 1. The third-order valence-electron chi connectivity index (χ3n) is 2.56. The number of hydroxylamine groups is 2. The quantitative estimate of drug-likeness (QED) is 0.581. The van der Waals surface area contributed by atoms with Crippen LogP contribution in [0.1, 0.15) is 52.1 Å². The first-order chi connectivity index (χ1) is 8.94. The predicted molar refractivity (Wildman–Crippen MR) is 74.5 cm³/mol. The Morgan fingerprint density at radius 1 is 1.42 bits per heavy atom. The molecule has 0 aliphatic carbocycles. The Bertz CT molecular complexity index is 382. The fourth-order valence-electron chi connectivity index (χ4n) is 1.71. The molecule has 1 aromatic rings. The van der Waals surface area contributed by atoms with Crippen molar-refractivity contribution in [2.45, 2.75) is 59.0 Å². The Labute approximate surface area is 115 Å². The van der Waals surface area contributed by atoms with Crippen LogP contribution in [-0.4, -0.2) is 33.6 Å². The van der Waals surface area contributed by atoms with E-state index in [4.69, 9.17) is 4.84 Å². The lowest BCUT2D eigenvalue weighted by molar-refractivity contribution is -0.215. The number of unbranched alkanes of at least 4 members (excludes halogenated alkanes) is 1. The van der Waals surface area contributed by atoms with Crippen LogP contribution in [-0.2, 0) is 22.5 Å². The molecule has 0 unspecified atom stereocenters. The molecule has 0 atom stereocenters. The highest BCUT2D eigenvalue weighted by Crippen LogP contribution is 2.10. The van der Waals surface area contributed by atoms with Crippen LogP contribution in [0.15, 0.2) is 6.20 Å². The smallest absolute Gasteiger partial charge is 0.233 e. The average Bonchev–Trinajstić information content (AvgIpc) is 2.78. The average molecular weight is 267 g/mol. The van der Waals surface area contributed by atoms with Crippen molar-refractivity contribution in [3.8, 4) is 0 Å². The highest BCUT2D eigenvalue weighted by Gasteiger charge is 2.16. The molecule has 1 N–H and O–H groups in total. The molecule has 0 saturated carbocycles. The number of nitrogens with zero attached hydrogens (tertiary/aromatic N) is 2. The minimum Gasteiger partial charge on any atom is -0.346 e. The van der Waals surface area contributed by atoms with Gasteiger partial charge in [-0.15, -0.1) is 0 Å². The number of aromatic nitrogens is 2. The van der Waals surface area contributed by atoms with Crippen molar-refractivity contribution in [3.05, 3.63) is 17.7 Å². The molecule has 0 radical (unpaired) electrons. The topological polar surface area (TPSA) is 58.2 Å². The first kappa shape index (κ1) is 15.7. The van der Waals surface area contributed by atoms with Crippen LogP contribution in [0.4, 0.5) is 0 Å². The van der Waals surface area contributed by atoms with Crippen molar-refractivity contribution >= 4 is 6.41 Å². The maximum atomic E-state index is 10.9. The van der Waals surface area contributed by atoms with Gasteiger partial charge in [0.25, 0.3) is 0 Å². The van der Waals surface area contributed by atoms with Gasteiger partial charge in [-0.2, -0.15) is 0 Å². The summed E-state index contributed by atoms with van der Waals surface area (Å²) in [4.78, 5) is 24.0. The monoisotopic (exact) mass is 267 g/mol. The number of hydrogen-bond donors (Lipinski definition) is 1.